The molecule has 1 atom stereocenters. The van der Waals surface area contributed by atoms with E-state index in [1.165, 1.54) is 0 Å². The van der Waals surface area contributed by atoms with E-state index in [9.17, 15) is 17.6 Å². The molecule has 0 amide bonds. The van der Waals surface area contributed by atoms with E-state index in [2.05, 4.69) is 4.74 Å². The zero-order valence-electron chi connectivity index (χ0n) is 9.22. The van der Waals surface area contributed by atoms with Gasteiger partial charge in [0.1, 0.15) is 11.6 Å². The lowest BCUT2D eigenvalue weighted by molar-refractivity contribution is -0.274. The fourth-order valence-electron chi connectivity index (χ4n) is 1.47. The van der Waals surface area contributed by atoms with Crippen LogP contribution in [-0.2, 0) is 0 Å². The van der Waals surface area contributed by atoms with Gasteiger partial charge in [-0.1, -0.05) is 13.3 Å². The topological polar surface area (TPSA) is 35.2 Å². The van der Waals surface area contributed by atoms with Crippen LogP contribution in [-0.4, -0.2) is 6.36 Å². The molecule has 2 N–H and O–H groups in total. The zero-order valence-corrected chi connectivity index (χ0v) is 9.22. The standard InChI is InChI=1S/C11H13F4NO/c1-2-3-10(16)8-6-7(4-5-9(8)12)17-11(13,14)15/h4-6,10H,2-3,16H2,1H3. The Labute approximate surface area is 96.4 Å². The van der Waals surface area contributed by atoms with Crippen LogP contribution < -0.4 is 10.5 Å². The normalized spacial score (nSPS) is 13.5. The molecule has 6 heteroatoms. The van der Waals surface area contributed by atoms with Crippen molar-refractivity contribution in [3.63, 3.8) is 0 Å². The maximum atomic E-state index is 13.4. The molecule has 1 unspecified atom stereocenters. The summed E-state index contributed by atoms with van der Waals surface area (Å²) in [7, 11) is 0. The molecule has 0 aliphatic carbocycles. The fraction of sp³-hybridized carbons (Fsp3) is 0.455. The maximum Gasteiger partial charge on any atom is 0.573 e. The molecule has 0 saturated heterocycles. The van der Waals surface area contributed by atoms with Crippen molar-refractivity contribution in [3.05, 3.63) is 29.6 Å². The van der Waals surface area contributed by atoms with E-state index in [-0.39, 0.29) is 5.56 Å². The van der Waals surface area contributed by atoms with Crippen LogP contribution >= 0.6 is 0 Å². The van der Waals surface area contributed by atoms with Crippen molar-refractivity contribution >= 4 is 0 Å². The van der Waals surface area contributed by atoms with Crippen LogP contribution in [0.5, 0.6) is 5.75 Å². The predicted octanol–water partition coefficient (Wildman–Crippen LogP) is 3.52. The van der Waals surface area contributed by atoms with E-state index in [1.54, 1.807) is 0 Å². The summed E-state index contributed by atoms with van der Waals surface area (Å²) in [6, 6.07) is 2.21. The summed E-state index contributed by atoms with van der Waals surface area (Å²) >= 11 is 0. The second kappa shape index (κ2) is 5.35. The Balaban J connectivity index is 2.94. The molecule has 17 heavy (non-hydrogen) atoms. The number of hydrogen-bond acceptors (Lipinski definition) is 2. The third kappa shape index (κ3) is 4.22. The van der Waals surface area contributed by atoms with E-state index in [4.69, 9.17) is 5.73 Å². The smallest absolute Gasteiger partial charge is 0.406 e. The van der Waals surface area contributed by atoms with Crippen LogP contribution in [0.15, 0.2) is 18.2 Å². The number of hydrogen-bond donors (Lipinski definition) is 1. The van der Waals surface area contributed by atoms with Gasteiger partial charge < -0.3 is 10.5 Å². The van der Waals surface area contributed by atoms with Crippen molar-refractivity contribution < 1.29 is 22.3 Å². The Morgan fingerprint density at radius 3 is 2.53 bits per heavy atom. The third-order valence-corrected chi connectivity index (χ3v) is 2.20. The van der Waals surface area contributed by atoms with Gasteiger partial charge in [0.05, 0.1) is 0 Å². The van der Waals surface area contributed by atoms with Gasteiger partial charge in [0, 0.05) is 11.6 Å². The molecule has 0 heterocycles. The van der Waals surface area contributed by atoms with Gasteiger partial charge in [-0.25, -0.2) is 4.39 Å². The van der Waals surface area contributed by atoms with E-state index in [0.29, 0.717) is 12.8 Å². The SMILES string of the molecule is CCCC(N)c1cc(OC(F)(F)F)ccc1F. The third-order valence-electron chi connectivity index (χ3n) is 2.20. The van der Waals surface area contributed by atoms with Crippen LogP contribution in [0.1, 0.15) is 31.4 Å². The molecule has 0 saturated carbocycles. The lowest BCUT2D eigenvalue weighted by Crippen LogP contribution is -2.18. The first-order chi connectivity index (χ1) is 7.83. The lowest BCUT2D eigenvalue weighted by atomic mass is 10.0. The Morgan fingerprint density at radius 2 is 2.00 bits per heavy atom. The first-order valence-corrected chi connectivity index (χ1v) is 5.14. The van der Waals surface area contributed by atoms with Crippen LogP contribution in [0.2, 0.25) is 0 Å². The number of halogens is 4. The highest BCUT2D eigenvalue weighted by atomic mass is 19.4. The molecule has 0 aromatic heterocycles. The summed E-state index contributed by atoms with van der Waals surface area (Å²) in [4.78, 5) is 0. The van der Waals surface area contributed by atoms with E-state index >= 15 is 0 Å². The molecule has 0 spiro atoms. The van der Waals surface area contributed by atoms with Crippen molar-refractivity contribution in [1.82, 2.24) is 0 Å². The molecule has 2 nitrogen and oxygen atoms in total. The van der Waals surface area contributed by atoms with Gasteiger partial charge in [-0.05, 0) is 24.6 Å². The Bertz CT molecular complexity index is 378. The summed E-state index contributed by atoms with van der Waals surface area (Å²) in [5, 5.41) is 0. The highest BCUT2D eigenvalue weighted by molar-refractivity contribution is 5.32. The summed E-state index contributed by atoms with van der Waals surface area (Å²) < 4.78 is 53.0. The molecule has 0 bridgehead atoms. The summed E-state index contributed by atoms with van der Waals surface area (Å²) in [5.41, 5.74) is 5.70. The van der Waals surface area contributed by atoms with E-state index < -0.39 is 24.0 Å². The van der Waals surface area contributed by atoms with Crippen molar-refractivity contribution in [3.8, 4) is 5.75 Å². The van der Waals surface area contributed by atoms with Gasteiger partial charge in [0.25, 0.3) is 0 Å². The molecule has 0 aliphatic rings. The molecule has 96 valence electrons. The van der Waals surface area contributed by atoms with Crippen LogP contribution in [0, 0.1) is 5.82 Å². The molecule has 0 aliphatic heterocycles. The predicted molar refractivity (Wildman–Crippen MR) is 54.9 cm³/mol. The van der Waals surface area contributed by atoms with Crippen molar-refractivity contribution in [2.24, 2.45) is 5.73 Å². The average molecular weight is 251 g/mol. The number of rotatable bonds is 4. The van der Waals surface area contributed by atoms with Gasteiger partial charge in [0.15, 0.2) is 0 Å². The number of benzene rings is 1. The minimum Gasteiger partial charge on any atom is -0.406 e. The van der Waals surface area contributed by atoms with Gasteiger partial charge >= 0.3 is 6.36 Å². The maximum absolute atomic E-state index is 13.4. The molecule has 1 aromatic rings. The first kappa shape index (κ1) is 13.8. The van der Waals surface area contributed by atoms with E-state index in [0.717, 1.165) is 18.2 Å². The Hall–Kier alpha value is -1.30. The summed E-state index contributed by atoms with van der Waals surface area (Å²) in [5.74, 6) is -1.08. The van der Waals surface area contributed by atoms with Crippen molar-refractivity contribution in [1.29, 1.82) is 0 Å². The highest BCUT2D eigenvalue weighted by Gasteiger charge is 2.31. The van der Waals surface area contributed by atoms with Gasteiger partial charge in [-0.2, -0.15) is 0 Å². The summed E-state index contributed by atoms with van der Waals surface area (Å²) in [6.45, 7) is 1.85. The summed E-state index contributed by atoms with van der Waals surface area (Å²) in [6.07, 6.45) is -3.58. The second-order valence-electron chi connectivity index (χ2n) is 3.63. The fourth-order valence-corrected chi connectivity index (χ4v) is 1.47. The quantitative estimate of drug-likeness (QED) is 0.831. The van der Waals surface area contributed by atoms with Gasteiger partial charge in [-0.3, -0.25) is 0 Å². The number of nitrogens with two attached hydrogens (primary N) is 1. The largest absolute Gasteiger partial charge is 0.573 e. The minimum atomic E-state index is -4.79. The van der Waals surface area contributed by atoms with Crippen molar-refractivity contribution in [2.75, 3.05) is 0 Å². The van der Waals surface area contributed by atoms with Crippen LogP contribution in [0.25, 0.3) is 0 Å². The molecular weight excluding hydrogens is 238 g/mol. The highest BCUT2D eigenvalue weighted by Crippen LogP contribution is 2.28. The monoisotopic (exact) mass is 251 g/mol. The molecule has 0 fully saturated rings. The lowest BCUT2D eigenvalue weighted by Gasteiger charge is -2.14. The van der Waals surface area contributed by atoms with Crippen molar-refractivity contribution in [2.45, 2.75) is 32.2 Å². The number of alkyl halides is 3. The average Bonchev–Trinajstić information content (AvgIpc) is 2.19. The number of ether oxygens (including phenoxy) is 1. The van der Waals surface area contributed by atoms with Crippen LogP contribution in [0.4, 0.5) is 17.6 Å². The Kier molecular flexibility index (Phi) is 4.34. The second-order valence-corrected chi connectivity index (χ2v) is 3.63. The van der Waals surface area contributed by atoms with Gasteiger partial charge in [0.2, 0.25) is 0 Å². The molecule has 0 radical (unpaired) electrons. The molecule has 1 aromatic carbocycles. The zero-order chi connectivity index (χ0) is 13.1. The molecular formula is C11H13F4NO. The minimum absolute atomic E-state index is 0.0357. The molecule has 1 rings (SSSR count). The van der Waals surface area contributed by atoms with E-state index in [1.807, 2.05) is 6.92 Å². The Morgan fingerprint density at radius 1 is 1.35 bits per heavy atom. The first-order valence-electron chi connectivity index (χ1n) is 5.14. The van der Waals surface area contributed by atoms with Crippen LogP contribution in [0.3, 0.4) is 0 Å². The van der Waals surface area contributed by atoms with Gasteiger partial charge in [-0.15, -0.1) is 13.2 Å².